The summed E-state index contributed by atoms with van der Waals surface area (Å²) in [5.74, 6) is -2.47. The molecule has 2 fully saturated rings. The highest BCUT2D eigenvalue weighted by Gasteiger charge is 2.44. The Kier molecular flexibility index (Phi) is 13.7. The first-order chi connectivity index (χ1) is 25.1. The molecule has 0 aromatic heterocycles. The lowest BCUT2D eigenvalue weighted by Gasteiger charge is -2.38. The van der Waals surface area contributed by atoms with Gasteiger partial charge in [0.05, 0.1) is 35.5 Å². The average molecular weight is 776 g/mol. The lowest BCUT2D eigenvalue weighted by atomic mass is 9.97. The number of esters is 4. The predicted octanol–water partition coefficient (Wildman–Crippen LogP) is 6.25. The van der Waals surface area contributed by atoms with Gasteiger partial charge in [0, 0.05) is 11.8 Å². The molecule has 2 aliphatic heterocycles. The van der Waals surface area contributed by atoms with Crippen molar-refractivity contribution in [2.24, 2.45) is 11.8 Å². The van der Waals surface area contributed by atoms with Crippen molar-refractivity contribution >= 4 is 39.8 Å². The van der Waals surface area contributed by atoms with Gasteiger partial charge < -0.3 is 33.5 Å². The van der Waals surface area contributed by atoms with Gasteiger partial charge in [-0.2, -0.15) is 0 Å². The molecular formula is C40H39BrO11. The second kappa shape index (κ2) is 18.6. The molecule has 2 aliphatic rings. The fraction of sp³-hybridized carbons (Fsp3) is 0.300. The summed E-state index contributed by atoms with van der Waals surface area (Å²) < 4.78 is 33.1. The van der Waals surface area contributed by atoms with E-state index < -0.39 is 59.6 Å². The SMILES string of the molecule is C[C@H]1CO[C@@H](Br)C(OC(=O)c2ccccc2)[C@@H]1OC(=O)c1ccccc1.C[C@H]1CO[C@@H](O)C(OC(=O)c2ccccc2)[C@@H]1OC(=O)c1ccccc1. The van der Waals surface area contributed by atoms with Crippen LogP contribution in [0.1, 0.15) is 55.3 Å². The van der Waals surface area contributed by atoms with Crippen molar-refractivity contribution in [1.82, 2.24) is 0 Å². The largest absolute Gasteiger partial charge is 0.454 e. The topological polar surface area (TPSA) is 144 Å². The maximum absolute atomic E-state index is 12.4. The third-order valence-corrected chi connectivity index (χ3v) is 9.15. The van der Waals surface area contributed by atoms with Gasteiger partial charge in [0.15, 0.2) is 23.5 Å². The van der Waals surface area contributed by atoms with Gasteiger partial charge in [0.2, 0.25) is 0 Å². The molecule has 4 aromatic carbocycles. The zero-order valence-electron chi connectivity index (χ0n) is 28.5. The molecule has 4 aromatic rings. The Hall–Kier alpha value is -4.88. The summed E-state index contributed by atoms with van der Waals surface area (Å²) in [4.78, 5) is 49.6. The third kappa shape index (κ3) is 10.1. The Balaban J connectivity index is 0.000000201. The van der Waals surface area contributed by atoms with Crippen LogP contribution in [0, 0.1) is 11.8 Å². The number of ether oxygens (including phenoxy) is 6. The number of aliphatic hydroxyl groups excluding tert-OH is 1. The summed E-state index contributed by atoms with van der Waals surface area (Å²) in [6.07, 6.45) is -4.67. The Morgan fingerprint density at radius 1 is 0.500 bits per heavy atom. The van der Waals surface area contributed by atoms with Crippen LogP contribution in [0.4, 0.5) is 0 Å². The van der Waals surface area contributed by atoms with Crippen LogP contribution < -0.4 is 0 Å². The third-order valence-electron chi connectivity index (χ3n) is 8.37. The fourth-order valence-corrected chi connectivity index (χ4v) is 6.07. The fourth-order valence-electron chi connectivity index (χ4n) is 5.51. The van der Waals surface area contributed by atoms with Crippen molar-refractivity contribution in [3.8, 4) is 0 Å². The quantitative estimate of drug-likeness (QED) is 0.123. The summed E-state index contributed by atoms with van der Waals surface area (Å²) in [5.41, 5.74) is 1.60. The van der Waals surface area contributed by atoms with Crippen molar-refractivity contribution in [2.45, 2.75) is 49.6 Å². The van der Waals surface area contributed by atoms with Crippen LogP contribution in [0.15, 0.2) is 121 Å². The van der Waals surface area contributed by atoms with E-state index in [1.54, 1.807) is 116 Å². The zero-order valence-corrected chi connectivity index (χ0v) is 30.1. The van der Waals surface area contributed by atoms with Crippen LogP contribution in [-0.4, -0.2) is 77.9 Å². The first-order valence-electron chi connectivity index (χ1n) is 16.7. The second-order valence-corrected chi connectivity index (χ2v) is 13.2. The number of hydrogen-bond donors (Lipinski definition) is 1. The molecule has 0 radical (unpaired) electrons. The van der Waals surface area contributed by atoms with Crippen LogP contribution in [0.5, 0.6) is 0 Å². The van der Waals surface area contributed by atoms with E-state index in [1.165, 1.54) is 0 Å². The molecule has 0 amide bonds. The number of hydrogen-bond acceptors (Lipinski definition) is 11. The first-order valence-corrected chi connectivity index (χ1v) is 17.6. The van der Waals surface area contributed by atoms with Crippen molar-refractivity contribution in [3.63, 3.8) is 0 Å². The van der Waals surface area contributed by atoms with E-state index in [4.69, 9.17) is 28.4 Å². The van der Waals surface area contributed by atoms with Crippen LogP contribution >= 0.6 is 15.9 Å². The number of alkyl halides is 1. The van der Waals surface area contributed by atoms with Crippen molar-refractivity contribution in [3.05, 3.63) is 144 Å². The van der Waals surface area contributed by atoms with Crippen LogP contribution in [0.2, 0.25) is 0 Å². The highest BCUT2D eigenvalue weighted by atomic mass is 79.9. The van der Waals surface area contributed by atoms with Crippen LogP contribution in [0.3, 0.4) is 0 Å². The number of rotatable bonds is 8. The summed E-state index contributed by atoms with van der Waals surface area (Å²) in [5, 5.41) is 9.59. The number of carbonyl (C=O) groups excluding carboxylic acids is 4. The zero-order chi connectivity index (χ0) is 37.0. The van der Waals surface area contributed by atoms with Gasteiger partial charge in [-0.15, -0.1) is 0 Å². The summed E-state index contributed by atoms with van der Waals surface area (Å²) in [6, 6.07) is 34.3. The second-order valence-electron chi connectivity index (χ2n) is 12.3. The summed E-state index contributed by atoms with van der Waals surface area (Å²) >= 11 is 3.38. The lowest BCUT2D eigenvalue weighted by molar-refractivity contribution is -0.236. The highest BCUT2D eigenvalue weighted by Crippen LogP contribution is 2.30. The van der Waals surface area contributed by atoms with E-state index in [9.17, 15) is 24.3 Å². The van der Waals surface area contributed by atoms with E-state index in [-0.39, 0.29) is 18.4 Å². The molecule has 0 spiro atoms. The standard InChI is InChI=1S/C20H19BrO5.C20H20O6/c1-13-12-24-18(21)17(26-20(23)15-10-6-3-7-11-15)16(13)25-19(22)14-8-4-2-5-9-14;1-13-12-24-20(23)17(26-19(22)15-10-6-3-7-11-15)16(13)25-18(21)14-8-4-2-5-9-14/h2-11,13,16-18H,12H2,1H3;2-11,13,16-17,20,23H,12H2,1H3/t13-,16+,17?,18+;13-,16+,17?,20+/m00/s1. The summed E-state index contributed by atoms with van der Waals surface area (Å²) in [6.45, 7) is 4.28. The summed E-state index contributed by atoms with van der Waals surface area (Å²) in [7, 11) is 0. The molecule has 8 atom stereocenters. The van der Waals surface area contributed by atoms with E-state index in [0.29, 0.717) is 28.9 Å². The number of carbonyl (C=O) groups is 4. The van der Waals surface area contributed by atoms with Crippen molar-refractivity contribution in [2.75, 3.05) is 13.2 Å². The molecule has 0 saturated carbocycles. The van der Waals surface area contributed by atoms with E-state index in [2.05, 4.69) is 15.9 Å². The van der Waals surface area contributed by atoms with Gasteiger partial charge >= 0.3 is 23.9 Å². The minimum absolute atomic E-state index is 0.120. The molecule has 0 bridgehead atoms. The van der Waals surface area contributed by atoms with E-state index >= 15 is 0 Å². The van der Waals surface area contributed by atoms with Gasteiger partial charge in [0.1, 0.15) is 12.2 Å². The van der Waals surface area contributed by atoms with E-state index in [0.717, 1.165) is 0 Å². The molecular weight excluding hydrogens is 736 g/mol. The van der Waals surface area contributed by atoms with Gasteiger partial charge in [0.25, 0.3) is 0 Å². The first kappa shape index (κ1) is 38.4. The minimum Gasteiger partial charge on any atom is -0.454 e. The van der Waals surface area contributed by atoms with Crippen molar-refractivity contribution < 1.29 is 52.7 Å². The minimum atomic E-state index is -1.37. The van der Waals surface area contributed by atoms with Gasteiger partial charge in [-0.25, -0.2) is 19.2 Å². The van der Waals surface area contributed by atoms with Crippen LogP contribution in [0.25, 0.3) is 0 Å². The monoisotopic (exact) mass is 774 g/mol. The molecule has 2 unspecified atom stereocenters. The van der Waals surface area contributed by atoms with Crippen LogP contribution in [-0.2, 0) is 28.4 Å². The molecule has 1 N–H and O–H groups in total. The van der Waals surface area contributed by atoms with Gasteiger partial charge in [-0.05, 0) is 48.5 Å². The maximum atomic E-state index is 12.4. The van der Waals surface area contributed by atoms with Crippen molar-refractivity contribution in [1.29, 1.82) is 0 Å². The Morgan fingerprint density at radius 2 is 0.788 bits per heavy atom. The molecule has 0 aliphatic carbocycles. The maximum Gasteiger partial charge on any atom is 0.338 e. The molecule has 272 valence electrons. The Morgan fingerprint density at radius 3 is 1.15 bits per heavy atom. The molecule has 52 heavy (non-hydrogen) atoms. The molecule has 12 heteroatoms. The lowest BCUT2D eigenvalue weighted by Crippen LogP contribution is -2.53. The number of benzene rings is 4. The Bertz CT molecular complexity index is 1500. The highest BCUT2D eigenvalue weighted by molar-refractivity contribution is 9.09. The normalized spacial score (nSPS) is 25.3. The molecule has 11 nitrogen and oxygen atoms in total. The van der Waals surface area contributed by atoms with E-state index in [1.807, 2.05) is 19.1 Å². The van der Waals surface area contributed by atoms with Gasteiger partial charge in [-0.1, -0.05) is 103 Å². The average Bonchev–Trinajstić information content (AvgIpc) is 3.18. The molecule has 2 saturated heterocycles. The Labute approximate surface area is 309 Å². The van der Waals surface area contributed by atoms with Gasteiger partial charge in [-0.3, -0.25) is 0 Å². The predicted molar refractivity (Wildman–Crippen MR) is 192 cm³/mol. The molecule has 2 heterocycles. The number of aliphatic hydroxyl groups is 1. The number of halogens is 1. The molecule has 6 rings (SSSR count). The smallest absolute Gasteiger partial charge is 0.338 e.